The maximum absolute atomic E-state index is 12.4. The quantitative estimate of drug-likeness (QED) is 0.736. The fourth-order valence-corrected chi connectivity index (χ4v) is 6.08. The molecule has 0 unspecified atom stereocenters. The van der Waals surface area contributed by atoms with Gasteiger partial charge in [0.25, 0.3) is 0 Å². The summed E-state index contributed by atoms with van der Waals surface area (Å²) in [6.07, 6.45) is 1.33. The molecule has 1 aromatic heterocycles. The van der Waals surface area contributed by atoms with E-state index in [0.29, 0.717) is 18.4 Å². The molecule has 2 aliphatic rings. The van der Waals surface area contributed by atoms with Gasteiger partial charge in [0.1, 0.15) is 5.82 Å². The Hall–Kier alpha value is -2.22. The van der Waals surface area contributed by atoms with E-state index in [2.05, 4.69) is 9.88 Å². The molecule has 0 saturated carbocycles. The minimum Gasteiger partial charge on any atom is -0.341 e. The predicted octanol–water partition coefficient (Wildman–Crippen LogP) is 2.63. The first-order chi connectivity index (χ1) is 13.5. The summed E-state index contributed by atoms with van der Waals surface area (Å²) in [5.74, 6) is 1.63. The van der Waals surface area contributed by atoms with E-state index in [0.717, 1.165) is 42.1 Å². The van der Waals surface area contributed by atoms with Crippen LogP contribution in [0, 0.1) is 11.8 Å². The highest BCUT2D eigenvalue weighted by Gasteiger charge is 2.50. The first-order valence-corrected chi connectivity index (χ1v) is 11.5. The highest BCUT2D eigenvalue weighted by atomic mass is 32.2. The van der Waals surface area contributed by atoms with Gasteiger partial charge in [-0.05, 0) is 29.5 Å². The Balaban J connectivity index is 1.39. The molecule has 0 spiro atoms. The minimum absolute atomic E-state index is 0.0816. The van der Waals surface area contributed by atoms with Crippen molar-refractivity contribution in [2.24, 2.45) is 11.8 Å². The second-order valence-corrected chi connectivity index (χ2v) is 9.94. The number of benzene rings is 2. The molecule has 0 bridgehead atoms. The summed E-state index contributed by atoms with van der Waals surface area (Å²) < 4.78 is 26.5. The second-order valence-electron chi connectivity index (χ2n) is 8.01. The Morgan fingerprint density at radius 3 is 2.54 bits per heavy atom. The number of hydrogen-bond donors (Lipinski definition) is 1. The van der Waals surface area contributed by atoms with E-state index >= 15 is 0 Å². The zero-order chi connectivity index (χ0) is 19.3. The summed E-state index contributed by atoms with van der Waals surface area (Å²) in [5, 5.41) is 0. The van der Waals surface area contributed by atoms with Crippen molar-refractivity contribution in [2.75, 3.05) is 25.9 Å². The fraction of sp³-hybridized carbons (Fsp3) is 0.381. The molecular formula is C21H24N4O2S. The monoisotopic (exact) mass is 396 g/mol. The van der Waals surface area contributed by atoms with Gasteiger partial charge in [-0.2, -0.15) is 4.31 Å². The van der Waals surface area contributed by atoms with Crippen LogP contribution in [0.5, 0.6) is 0 Å². The third-order valence-corrected chi connectivity index (χ3v) is 7.30. The fourth-order valence-electron chi connectivity index (χ4n) is 4.92. The molecule has 2 aliphatic heterocycles. The zero-order valence-electron chi connectivity index (χ0n) is 15.8. The van der Waals surface area contributed by atoms with Crippen LogP contribution in [-0.4, -0.2) is 53.5 Å². The highest BCUT2D eigenvalue weighted by molar-refractivity contribution is 7.88. The summed E-state index contributed by atoms with van der Waals surface area (Å²) in [7, 11) is -3.24. The molecule has 2 aromatic carbocycles. The number of aromatic amines is 1. The van der Waals surface area contributed by atoms with E-state index in [9.17, 15) is 8.42 Å². The third-order valence-electron chi connectivity index (χ3n) is 6.08. The average molecular weight is 397 g/mol. The molecule has 1 N–H and O–H groups in total. The van der Waals surface area contributed by atoms with Crippen molar-refractivity contribution in [2.45, 2.75) is 12.6 Å². The maximum atomic E-state index is 12.4. The summed E-state index contributed by atoms with van der Waals surface area (Å²) in [5.41, 5.74) is 3.13. The van der Waals surface area contributed by atoms with E-state index in [1.54, 1.807) is 4.31 Å². The van der Waals surface area contributed by atoms with Crippen LogP contribution in [0.15, 0.2) is 54.6 Å². The smallest absolute Gasteiger partial charge is 0.211 e. The van der Waals surface area contributed by atoms with Gasteiger partial charge in [0, 0.05) is 19.6 Å². The van der Waals surface area contributed by atoms with Gasteiger partial charge in [-0.3, -0.25) is 4.90 Å². The van der Waals surface area contributed by atoms with Crippen molar-refractivity contribution >= 4 is 21.1 Å². The lowest BCUT2D eigenvalue weighted by Gasteiger charge is -2.28. The van der Waals surface area contributed by atoms with Crippen molar-refractivity contribution in [1.29, 1.82) is 0 Å². The van der Waals surface area contributed by atoms with Crippen LogP contribution >= 0.6 is 0 Å². The molecule has 0 radical (unpaired) electrons. The van der Waals surface area contributed by atoms with Crippen molar-refractivity contribution in [3.63, 3.8) is 0 Å². The number of nitrogens with one attached hydrogen (secondary N) is 1. The van der Waals surface area contributed by atoms with E-state index in [1.807, 2.05) is 54.6 Å². The summed E-state index contributed by atoms with van der Waals surface area (Å²) >= 11 is 0. The lowest BCUT2D eigenvalue weighted by molar-refractivity contribution is 0.257. The number of likely N-dealkylation sites (tertiary alicyclic amines) is 1. The van der Waals surface area contributed by atoms with Crippen LogP contribution in [-0.2, 0) is 16.6 Å². The number of fused-ring (bicyclic) bond motifs is 2. The van der Waals surface area contributed by atoms with Gasteiger partial charge in [0.2, 0.25) is 10.0 Å². The first kappa shape index (κ1) is 17.8. The summed E-state index contributed by atoms with van der Waals surface area (Å²) in [4.78, 5) is 10.5. The van der Waals surface area contributed by atoms with E-state index in [1.165, 1.54) is 6.26 Å². The Labute approximate surface area is 165 Å². The van der Waals surface area contributed by atoms with Crippen molar-refractivity contribution in [3.05, 3.63) is 66.0 Å². The topological polar surface area (TPSA) is 69.3 Å². The van der Waals surface area contributed by atoms with Crippen LogP contribution < -0.4 is 0 Å². The molecule has 2 fully saturated rings. The number of sulfonamides is 1. The number of imidazole rings is 1. The maximum Gasteiger partial charge on any atom is 0.211 e. The van der Waals surface area contributed by atoms with Gasteiger partial charge >= 0.3 is 0 Å². The minimum atomic E-state index is -3.24. The average Bonchev–Trinajstić information content (AvgIpc) is 3.33. The molecule has 0 amide bonds. The summed E-state index contributed by atoms with van der Waals surface area (Å²) in [6.45, 7) is 3.14. The molecule has 28 heavy (non-hydrogen) atoms. The summed E-state index contributed by atoms with van der Waals surface area (Å²) in [6, 6.07) is 18.0. The van der Waals surface area contributed by atoms with E-state index < -0.39 is 10.0 Å². The van der Waals surface area contributed by atoms with Crippen LogP contribution in [0.1, 0.15) is 17.4 Å². The SMILES string of the molecule is CS(=O)(=O)N1C[C@H]2CN(Cc3nc4ccccc4[nH]3)C[C@H]2[C@@H]1c1ccccc1. The second kappa shape index (κ2) is 6.69. The Bertz CT molecular complexity index is 1060. The molecule has 3 heterocycles. The number of aromatic nitrogens is 2. The predicted molar refractivity (Wildman–Crippen MR) is 109 cm³/mol. The highest BCUT2D eigenvalue weighted by Crippen LogP contribution is 2.46. The van der Waals surface area contributed by atoms with E-state index in [-0.39, 0.29) is 6.04 Å². The van der Waals surface area contributed by atoms with Gasteiger partial charge in [-0.25, -0.2) is 13.4 Å². The normalized spacial score (nSPS) is 26.1. The molecule has 146 valence electrons. The van der Waals surface area contributed by atoms with Gasteiger partial charge < -0.3 is 4.98 Å². The molecule has 3 atom stereocenters. The van der Waals surface area contributed by atoms with Crippen LogP contribution in [0.4, 0.5) is 0 Å². The molecule has 0 aliphatic carbocycles. The van der Waals surface area contributed by atoms with Crippen LogP contribution in [0.25, 0.3) is 11.0 Å². The number of nitrogens with zero attached hydrogens (tertiary/aromatic N) is 3. The van der Waals surface area contributed by atoms with Gasteiger partial charge in [0.15, 0.2) is 0 Å². The van der Waals surface area contributed by atoms with Crippen molar-refractivity contribution in [3.8, 4) is 0 Å². The number of para-hydroxylation sites is 2. The van der Waals surface area contributed by atoms with Gasteiger partial charge in [-0.1, -0.05) is 42.5 Å². The van der Waals surface area contributed by atoms with Crippen molar-refractivity contribution in [1.82, 2.24) is 19.2 Å². The number of rotatable bonds is 4. The lowest BCUT2D eigenvalue weighted by Crippen LogP contribution is -2.35. The zero-order valence-corrected chi connectivity index (χ0v) is 16.6. The first-order valence-electron chi connectivity index (χ1n) is 9.67. The van der Waals surface area contributed by atoms with Crippen molar-refractivity contribution < 1.29 is 8.42 Å². The van der Waals surface area contributed by atoms with Crippen LogP contribution in [0.2, 0.25) is 0 Å². The Morgan fingerprint density at radius 1 is 1.04 bits per heavy atom. The standard InChI is InChI=1S/C21H24N4O2S/c1-28(26,27)25-12-16-11-24(13-17(16)21(25)15-7-3-2-4-8-15)14-20-22-18-9-5-6-10-19(18)23-20/h2-10,16-17,21H,11-14H2,1H3,(H,22,23)/t16-,17-,21+/m1/s1. The Kier molecular flexibility index (Phi) is 4.26. The molecule has 2 saturated heterocycles. The van der Waals surface area contributed by atoms with E-state index in [4.69, 9.17) is 4.98 Å². The largest absolute Gasteiger partial charge is 0.341 e. The molecule has 3 aromatic rings. The molecular weight excluding hydrogens is 372 g/mol. The van der Waals surface area contributed by atoms with Gasteiger partial charge in [0.05, 0.1) is 29.9 Å². The molecule has 5 rings (SSSR count). The third kappa shape index (κ3) is 3.13. The lowest BCUT2D eigenvalue weighted by atomic mass is 9.90. The Morgan fingerprint density at radius 2 is 1.79 bits per heavy atom. The van der Waals surface area contributed by atoms with Crippen LogP contribution in [0.3, 0.4) is 0 Å². The number of H-pyrrole nitrogens is 1. The number of hydrogen-bond acceptors (Lipinski definition) is 4. The molecule has 6 nitrogen and oxygen atoms in total. The van der Waals surface area contributed by atoms with Gasteiger partial charge in [-0.15, -0.1) is 0 Å². The molecule has 7 heteroatoms.